The van der Waals surface area contributed by atoms with E-state index in [4.69, 9.17) is 27.9 Å². The summed E-state index contributed by atoms with van der Waals surface area (Å²) in [5, 5.41) is 22.3. The van der Waals surface area contributed by atoms with E-state index in [1.54, 1.807) is 24.3 Å². The van der Waals surface area contributed by atoms with E-state index in [1.165, 1.54) is 6.08 Å². The van der Waals surface area contributed by atoms with Crippen LogP contribution in [0.5, 0.6) is 5.75 Å². The summed E-state index contributed by atoms with van der Waals surface area (Å²) in [7, 11) is 0. The number of nitro benzene ring substituents is 1. The molecule has 2 aromatic carbocycles. The summed E-state index contributed by atoms with van der Waals surface area (Å²) < 4.78 is 5.46. The van der Waals surface area contributed by atoms with Crippen molar-refractivity contribution in [2.24, 2.45) is 0 Å². The minimum absolute atomic E-state index is 0.0202. The number of carbonyl (C=O) groups excluding carboxylic acids is 1. The maximum atomic E-state index is 12.4. The maximum absolute atomic E-state index is 12.4. The van der Waals surface area contributed by atoms with Crippen LogP contribution in [0.25, 0.3) is 6.08 Å². The van der Waals surface area contributed by atoms with Crippen LogP contribution in [0, 0.1) is 21.4 Å². The highest BCUT2D eigenvalue weighted by molar-refractivity contribution is 6.40. The Hall–Kier alpha value is -3.08. The zero-order chi connectivity index (χ0) is 20.0. The molecule has 0 aliphatic heterocycles. The van der Waals surface area contributed by atoms with Crippen molar-refractivity contribution in [1.82, 2.24) is 0 Å². The molecule has 0 fully saturated rings. The molecule has 0 radical (unpaired) electrons. The summed E-state index contributed by atoms with van der Waals surface area (Å²) in [6.07, 6.45) is 1.37. The Morgan fingerprint density at radius 2 is 1.96 bits per heavy atom. The topological polar surface area (TPSA) is 105 Å². The zero-order valence-electron chi connectivity index (χ0n) is 14.0. The van der Waals surface area contributed by atoms with Gasteiger partial charge in [0.15, 0.2) is 0 Å². The number of nitriles is 1. The van der Waals surface area contributed by atoms with E-state index in [-0.39, 0.29) is 27.0 Å². The molecule has 138 valence electrons. The second-order valence-corrected chi connectivity index (χ2v) is 5.95. The summed E-state index contributed by atoms with van der Waals surface area (Å²) >= 11 is 11.9. The first-order valence-corrected chi connectivity index (χ1v) is 8.41. The number of anilines is 1. The SMILES string of the molecule is CCOc1ccccc1/C=C(\C#N)C(=O)Nc1c(Cl)cc([N+](=O)[O-])cc1Cl. The Bertz CT molecular complexity index is 944. The number of non-ortho nitro benzene ring substituents is 1. The van der Waals surface area contributed by atoms with Gasteiger partial charge in [-0.05, 0) is 19.1 Å². The van der Waals surface area contributed by atoms with Gasteiger partial charge in [0.2, 0.25) is 0 Å². The molecule has 0 aliphatic rings. The predicted octanol–water partition coefficient (Wildman–Crippen LogP) is 4.85. The molecule has 0 aromatic heterocycles. The molecular formula is C18H13Cl2N3O4. The maximum Gasteiger partial charge on any atom is 0.272 e. The van der Waals surface area contributed by atoms with Crippen molar-refractivity contribution in [1.29, 1.82) is 5.26 Å². The first-order chi connectivity index (χ1) is 12.9. The molecule has 0 saturated carbocycles. The molecule has 1 amide bonds. The molecule has 0 heterocycles. The number of nitrogens with zero attached hydrogens (tertiary/aromatic N) is 2. The van der Waals surface area contributed by atoms with Crippen molar-refractivity contribution in [3.8, 4) is 11.8 Å². The van der Waals surface area contributed by atoms with E-state index in [2.05, 4.69) is 5.32 Å². The van der Waals surface area contributed by atoms with Crippen LogP contribution in [0.3, 0.4) is 0 Å². The van der Waals surface area contributed by atoms with Gasteiger partial charge in [-0.1, -0.05) is 41.4 Å². The molecule has 0 atom stereocenters. The number of hydrogen-bond acceptors (Lipinski definition) is 5. The highest BCUT2D eigenvalue weighted by atomic mass is 35.5. The van der Waals surface area contributed by atoms with Gasteiger partial charge in [0.1, 0.15) is 17.4 Å². The number of rotatable bonds is 6. The van der Waals surface area contributed by atoms with Gasteiger partial charge in [-0.15, -0.1) is 0 Å². The highest BCUT2D eigenvalue weighted by Crippen LogP contribution is 2.35. The third kappa shape index (κ3) is 4.97. The molecule has 0 spiro atoms. The van der Waals surface area contributed by atoms with Gasteiger partial charge >= 0.3 is 0 Å². The lowest BCUT2D eigenvalue weighted by Gasteiger charge is -2.10. The number of nitrogens with one attached hydrogen (secondary N) is 1. The van der Waals surface area contributed by atoms with Crippen LogP contribution in [0.1, 0.15) is 12.5 Å². The van der Waals surface area contributed by atoms with Crippen molar-refractivity contribution in [3.05, 3.63) is 67.7 Å². The van der Waals surface area contributed by atoms with E-state index in [9.17, 15) is 20.2 Å². The van der Waals surface area contributed by atoms with Gasteiger partial charge in [0, 0.05) is 17.7 Å². The monoisotopic (exact) mass is 405 g/mol. The van der Waals surface area contributed by atoms with E-state index in [0.29, 0.717) is 17.9 Å². The molecular weight excluding hydrogens is 393 g/mol. The number of halogens is 2. The summed E-state index contributed by atoms with van der Waals surface area (Å²) in [6.45, 7) is 2.24. The molecule has 1 N–H and O–H groups in total. The van der Waals surface area contributed by atoms with E-state index in [0.717, 1.165) is 12.1 Å². The van der Waals surface area contributed by atoms with Crippen LogP contribution in [0.15, 0.2) is 42.0 Å². The van der Waals surface area contributed by atoms with Crippen LogP contribution >= 0.6 is 23.2 Å². The molecule has 0 unspecified atom stereocenters. The van der Waals surface area contributed by atoms with Crippen LogP contribution < -0.4 is 10.1 Å². The fraction of sp³-hybridized carbons (Fsp3) is 0.111. The molecule has 2 rings (SSSR count). The lowest BCUT2D eigenvalue weighted by Crippen LogP contribution is -2.14. The van der Waals surface area contributed by atoms with Crippen LogP contribution in [0.4, 0.5) is 11.4 Å². The average molecular weight is 406 g/mol. The zero-order valence-corrected chi connectivity index (χ0v) is 15.5. The van der Waals surface area contributed by atoms with Crippen LogP contribution in [-0.4, -0.2) is 17.4 Å². The quantitative estimate of drug-likeness (QED) is 0.320. The largest absolute Gasteiger partial charge is 0.493 e. The van der Waals surface area contributed by atoms with Crippen molar-refractivity contribution >= 4 is 46.6 Å². The standard InChI is InChI=1S/C18H13Cl2N3O4/c1-2-27-16-6-4-3-5-11(16)7-12(10-21)18(24)22-17-14(19)8-13(23(25)26)9-15(17)20/h3-9H,2H2,1H3,(H,22,24)/b12-7+. The average Bonchev–Trinajstić information content (AvgIpc) is 2.63. The molecule has 0 bridgehead atoms. The van der Waals surface area contributed by atoms with E-state index < -0.39 is 10.8 Å². The first-order valence-electron chi connectivity index (χ1n) is 7.65. The van der Waals surface area contributed by atoms with Gasteiger partial charge in [-0.25, -0.2) is 0 Å². The number of ether oxygens (including phenoxy) is 1. The van der Waals surface area contributed by atoms with E-state index >= 15 is 0 Å². The van der Waals surface area contributed by atoms with Gasteiger partial charge in [-0.2, -0.15) is 5.26 Å². The number of hydrogen-bond donors (Lipinski definition) is 1. The van der Waals surface area contributed by atoms with Crippen molar-refractivity contribution in [2.75, 3.05) is 11.9 Å². The second-order valence-electron chi connectivity index (χ2n) is 5.14. The molecule has 7 nitrogen and oxygen atoms in total. The Morgan fingerprint density at radius 3 is 2.52 bits per heavy atom. The number of nitro groups is 1. The van der Waals surface area contributed by atoms with Gasteiger partial charge in [-0.3, -0.25) is 14.9 Å². The summed E-state index contributed by atoms with van der Waals surface area (Å²) in [6, 6.07) is 10.8. The third-order valence-electron chi connectivity index (χ3n) is 3.36. The smallest absolute Gasteiger partial charge is 0.272 e. The lowest BCUT2D eigenvalue weighted by molar-refractivity contribution is -0.384. The summed E-state index contributed by atoms with van der Waals surface area (Å²) in [4.78, 5) is 22.6. The van der Waals surface area contributed by atoms with Crippen molar-refractivity contribution < 1.29 is 14.5 Å². The Labute approximate surface area is 164 Å². The summed E-state index contributed by atoms with van der Waals surface area (Å²) in [5.74, 6) is -0.242. The Morgan fingerprint density at radius 1 is 1.33 bits per heavy atom. The van der Waals surface area contributed by atoms with Crippen molar-refractivity contribution in [2.45, 2.75) is 6.92 Å². The minimum atomic E-state index is -0.763. The van der Waals surface area contributed by atoms with Crippen LogP contribution in [0.2, 0.25) is 10.0 Å². The van der Waals surface area contributed by atoms with Crippen molar-refractivity contribution in [3.63, 3.8) is 0 Å². The van der Waals surface area contributed by atoms with Gasteiger partial charge in [0.25, 0.3) is 11.6 Å². The fourth-order valence-corrected chi connectivity index (χ4v) is 2.73. The molecule has 0 saturated heterocycles. The lowest BCUT2D eigenvalue weighted by atomic mass is 10.1. The molecule has 0 aliphatic carbocycles. The van der Waals surface area contributed by atoms with Gasteiger partial charge < -0.3 is 10.1 Å². The van der Waals surface area contributed by atoms with Crippen LogP contribution in [-0.2, 0) is 4.79 Å². The molecule has 9 heteroatoms. The first kappa shape index (κ1) is 20.2. The number of amides is 1. The normalized spacial score (nSPS) is 10.8. The third-order valence-corrected chi connectivity index (χ3v) is 3.96. The number of carbonyl (C=O) groups is 1. The second kappa shape index (κ2) is 9.03. The Balaban J connectivity index is 2.34. The number of benzene rings is 2. The van der Waals surface area contributed by atoms with Gasteiger partial charge in [0.05, 0.1) is 27.3 Å². The predicted molar refractivity (Wildman–Crippen MR) is 103 cm³/mol. The number of para-hydroxylation sites is 1. The Kier molecular flexibility index (Phi) is 6.77. The highest BCUT2D eigenvalue weighted by Gasteiger charge is 2.18. The summed E-state index contributed by atoms with van der Waals surface area (Å²) in [5.41, 5.74) is -0.00236. The fourth-order valence-electron chi connectivity index (χ4n) is 2.16. The minimum Gasteiger partial charge on any atom is -0.493 e. The molecule has 27 heavy (non-hydrogen) atoms. The molecule has 2 aromatic rings. The van der Waals surface area contributed by atoms with E-state index in [1.807, 2.05) is 13.0 Å².